The molecule has 0 amide bonds. The summed E-state index contributed by atoms with van der Waals surface area (Å²) in [6, 6.07) is 8.10. The van der Waals surface area contributed by atoms with Crippen LogP contribution in [0.1, 0.15) is 48.0 Å². The number of ketones is 1. The van der Waals surface area contributed by atoms with Crippen molar-refractivity contribution < 1.29 is 9.90 Å². The lowest BCUT2D eigenvalue weighted by molar-refractivity contribution is -0.00857. The van der Waals surface area contributed by atoms with Crippen LogP contribution in [0.5, 0.6) is 0 Å². The number of allylic oxidation sites excluding steroid dienone is 1. The van der Waals surface area contributed by atoms with Gasteiger partial charge in [0.25, 0.3) is 0 Å². The van der Waals surface area contributed by atoms with E-state index in [2.05, 4.69) is 19.1 Å². The Bertz CT molecular complexity index is 603. The maximum Gasteiger partial charge on any atom is 0.163 e. The van der Waals surface area contributed by atoms with Crippen LogP contribution in [-0.4, -0.2) is 17.0 Å². The minimum absolute atomic E-state index is 0.0618. The fraction of sp³-hybridized carbons (Fsp3) is 0.500. The Labute approximate surface area is 119 Å². The van der Waals surface area contributed by atoms with E-state index >= 15 is 0 Å². The second-order valence-electron chi connectivity index (χ2n) is 6.88. The second kappa shape index (κ2) is 4.05. The zero-order chi connectivity index (χ0) is 13.9. The van der Waals surface area contributed by atoms with E-state index in [1.165, 1.54) is 5.56 Å². The quantitative estimate of drug-likeness (QED) is 0.733. The summed E-state index contributed by atoms with van der Waals surface area (Å²) in [6.07, 6.45) is 6.52. The normalized spacial score (nSPS) is 42.0. The molecule has 0 heterocycles. The SMILES string of the molecule is C[C@]12CC[C@@H]3c4ccccc4C(=O)C[C@H]3[C@@H]1C=CC2O. The van der Waals surface area contributed by atoms with Gasteiger partial charge in [0.1, 0.15) is 0 Å². The van der Waals surface area contributed by atoms with Gasteiger partial charge in [0.05, 0.1) is 6.10 Å². The topological polar surface area (TPSA) is 37.3 Å². The van der Waals surface area contributed by atoms with E-state index in [1.807, 2.05) is 24.3 Å². The zero-order valence-corrected chi connectivity index (χ0v) is 11.8. The average Bonchev–Trinajstić information content (AvgIpc) is 2.76. The predicted molar refractivity (Wildman–Crippen MR) is 77.6 cm³/mol. The van der Waals surface area contributed by atoms with Crippen molar-refractivity contribution in [3.8, 4) is 0 Å². The standard InChI is InChI=1S/C18H20O2/c1-18-9-8-12-11-4-2-3-5-13(11)16(19)10-14(12)15(18)6-7-17(18)20/h2-7,12,14-15,17,20H,8-10H2,1H3/t12-,14-,15+,17?,18+/m1/s1. The van der Waals surface area contributed by atoms with Crippen LogP contribution in [0.3, 0.4) is 0 Å². The molecule has 3 aliphatic carbocycles. The van der Waals surface area contributed by atoms with Crippen molar-refractivity contribution in [3.63, 3.8) is 0 Å². The predicted octanol–water partition coefficient (Wildman–Crippen LogP) is 3.32. The largest absolute Gasteiger partial charge is 0.388 e. The molecule has 0 aliphatic heterocycles. The van der Waals surface area contributed by atoms with Crippen LogP contribution in [0.15, 0.2) is 36.4 Å². The third-order valence-electron chi connectivity index (χ3n) is 5.99. The number of rotatable bonds is 0. The first-order chi connectivity index (χ1) is 9.61. The molecule has 2 heteroatoms. The van der Waals surface area contributed by atoms with Crippen LogP contribution in [0.2, 0.25) is 0 Å². The summed E-state index contributed by atoms with van der Waals surface area (Å²) in [5.41, 5.74) is 2.11. The number of hydrogen-bond acceptors (Lipinski definition) is 2. The number of benzene rings is 1. The first-order valence-electron chi connectivity index (χ1n) is 7.60. The van der Waals surface area contributed by atoms with E-state index < -0.39 is 0 Å². The van der Waals surface area contributed by atoms with Gasteiger partial charge in [-0.2, -0.15) is 0 Å². The molecule has 5 atom stereocenters. The van der Waals surface area contributed by atoms with E-state index in [-0.39, 0.29) is 17.3 Å². The molecule has 1 aromatic carbocycles. The molecule has 2 nitrogen and oxygen atoms in total. The van der Waals surface area contributed by atoms with Crippen molar-refractivity contribution in [1.82, 2.24) is 0 Å². The Morgan fingerprint density at radius 2 is 2.05 bits per heavy atom. The lowest BCUT2D eigenvalue weighted by Gasteiger charge is -2.49. The van der Waals surface area contributed by atoms with Crippen molar-refractivity contribution in [3.05, 3.63) is 47.5 Å². The van der Waals surface area contributed by atoms with Gasteiger partial charge < -0.3 is 5.11 Å². The molecule has 3 aliphatic rings. The lowest BCUT2D eigenvalue weighted by atomic mass is 9.55. The Morgan fingerprint density at radius 1 is 1.25 bits per heavy atom. The number of hydrogen-bond donors (Lipinski definition) is 1. The summed E-state index contributed by atoms with van der Waals surface area (Å²) in [4.78, 5) is 12.4. The molecule has 0 saturated heterocycles. The lowest BCUT2D eigenvalue weighted by Crippen LogP contribution is -2.45. The van der Waals surface area contributed by atoms with Crippen molar-refractivity contribution in [2.45, 2.75) is 38.2 Å². The number of fused-ring (bicyclic) bond motifs is 5. The third-order valence-corrected chi connectivity index (χ3v) is 5.99. The summed E-state index contributed by atoms with van der Waals surface area (Å²) < 4.78 is 0. The molecule has 0 bridgehead atoms. The van der Waals surface area contributed by atoms with Gasteiger partial charge >= 0.3 is 0 Å². The fourth-order valence-electron chi connectivity index (χ4n) is 4.79. The smallest absolute Gasteiger partial charge is 0.163 e. The Hall–Kier alpha value is -1.41. The Morgan fingerprint density at radius 3 is 2.90 bits per heavy atom. The minimum Gasteiger partial charge on any atom is -0.388 e. The molecular formula is C18H20O2. The highest BCUT2D eigenvalue weighted by Crippen LogP contribution is 2.58. The number of carbonyl (C=O) groups is 1. The van der Waals surface area contributed by atoms with Crippen LogP contribution in [0, 0.1) is 17.3 Å². The molecule has 0 aromatic heterocycles. The highest BCUT2D eigenvalue weighted by molar-refractivity contribution is 5.99. The summed E-state index contributed by atoms with van der Waals surface area (Å²) in [5.74, 6) is 1.47. The molecule has 1 N–H and O–H groups in total. The van der Waals surface area contributed by atoms with E-state index in [9.17, 15) is 9.90 Å². The van der Waals surface area contributed by atoms with E-state index in [0.717, 1.165) is 18.4 Å². The molecule has 104 valence electrons. The highest BCUT2D eigenvalue weighted by atomic mass is 16.3. The molecule has 20 heavy (non-hydrogen) atoms. The summed E-state index contributed by atoms with van der Waals surface area (Å²) in [5, 5.41) is 10.3. The zero-order valence-electron chi connectivity index (χ0n) is 11.8. The van der Waals surface area contributed by atoms with Gasteiger partial charge in [0, 0.05) is 17.4 Å². The monoisotopic (exact) mass is 268 g/mol. The van der Waals surface area contributed by atoms with Gasteiger partial charge in [-0.15, -0.1) is 0 Å². The number of carbonyl (C=O) groups excluding carboxylic acids is 1. The van der Waals surface area contributed by atoms with Crippen LogP contribution in [-0.2, 0) is 0 Å². The minimum atomic E-state index is -0.347. The van der Waals surface area contributed by atoms with Crippen LogP contribution < -0.4 is 0 Å². The average molecular weight is 268 g/mol. The van der Waals surface area contributed by atoms with Crippen molar-refractivity contribution >= 4 is 5.78 Å². The maximum atomic E-state index is 12.4. The van der Waals surface area contributed by atoms with Crippen LogP contribution in [0.25, 0.3) is 0 Å². The van der Waals surface area contributed by atoms with Gasteiger partial charge in [-0.05, 0) is 36.2 Å². The van der Waals surface area contributed by atoms with Crippen LogP contribution >= 0.6 is 0 Å². The second-order valence-corrected chi connectivity index (χ2v) is 6.88. The van der Waals surface area contributed by atoms with Gasteiger partial charge in [0.2, 0.25) is 0 Å². The van der Waals surface area contributed by atoms with Gasteiger partial charge in [-0.1, -0.05) is 43.3 Å². The van der Waals surface area contributed by atoms with Crippen LogP contribution in [0.4, 0.5) is 0 Å². The Kier molecular flexibility index (Phi) is 2.50. The highest BCUT2D eigenvalue weighted by Gasteiger charge is 2.53. The molecule has 1 saturated carbocycles. The third kappa shape index (κ3) is 1.46. The van der Waals surface area contributed by atoms with Crippen molar-refractivity contribution in [2.24, 2.45) is 17.3 Å². The van der Waals surface area contributed by atoms with Gasteiger partial charge in [-0.3, -0.25) is 4.79 Å². The molecule has 1 aromatic rings. The molecule has 4 rings (SSSR count). The molecule has 1 unspecified atom stereocenters. The first-order valence-corrected chi connectivity index (χ1v) is 7.60. The molecule has 0 radical (unpaired) electrons. The summed E-state index contributed by atoms with van der Waals surface area (Å²) in [7, 11) is 0. The number of aliphatic hydroxyl groups is 1. The number of aliphatic hydroxyl groups excluding tert-OH is 1. The molecular weight excluding hydrogens is 248 g/mol. The van der Waals surface area contributed by atoms with Gasteiger partial charge in [-0.25, -0.2) is 0 Å². The summed E-state index contributed by atoms with van der Waals surface area (Å²) in [6.45, 7) is 2.18. The van der Waals surface area contributed by atoms with Crippen molar-refractivity contribution in [2.75, 3.05) is 0 Å². The number of Topliss-reactive ketones (excluding diaryl/α,β-unsaturated/α-hetero) is 1. The Balaban J connectivity index is 1.79. The van der Waals surface area contributed by atoms with E-state index in [4.69, 9.17) is 0 Å². The maximum absolute atomic E-state index is 12.4. The molecule has 0 spiro atoms. The van der Waals surface area contributed by atoms with E-state index in [0.29, 0.717) is 24.2 Å². The molecule has 1 fully saturated rings. The van der Waals surface area contributed by atoms with Crippen molar-refractivity contribution in [1.29, 1.82) is 0 Å². The van der Waals surface area contributed by atoms with E-state index in [1.54, 1.807) is 0 Å². The summed E-state index contributed by atoms with van der Waals surface area (Å²) >= 11 is 0. The van der Waals surface area contributed by atoms with Gasteiger partial charge in [0.15, 0.2) is 5.78 Å². The fourth-order valence-corrected chi connectivity index (χ4v) is 4.79. The first kappa shape index (κ1) is 12.3.